The number of nitrogen functional groups attached to an aromatic ring is 2. The first kappa shape index (κ1) is 13.8. The van der Waals surface area contributed by atoms with Crippen molar-refractivity contribution in [3.63, 3.8) is 0 Å². The van der Waals surface area contributed by atoms with E-state index < -0.39 is 0 Å². The van der Waals surface area contributed by atoms with Crippen LogP contribution >= 0.6 is 0 Å². The Labute approximate surface area is 107 Å². The van der Waals surface area contributed by atoms with Crippen molar-refractivity contribution < 1.29 is 4.79 Å². The van der Waals surface area contributed by atoms with Gasteiger partial charge in [0.1, 0.15) is 0 Å². The SMILES string of the molecule is CC.Nc1ccc(N)c(C(=O)c2ccccc2)c1. The van der Waals surface area contributed by atoms with Gasteiger partial charge in [0.2, 0.25) is 0 Å². The standard InChI is InChI=1S/C13H12N2O.C2H6/c14-10-6-7-12(15)11(8-10)13(16)9-4-2-1-3-5-9;1-2/h1-8H,14-15H2;1-2H3. The highest BCUT2D eigenvalue weighted by molar-refractivity contribution is 6.12. The first-order valence-electron chi connectivity index (χ1n) is 5.93. The number of rotatable bonds is 2. The van der Waals surface area contributed by atoms with Gasteiger partial charge in [0.25, 0.3) is 0 Å². The summed E-state index contributed by atoms with van der Waals surface area (Å²) in [6.45, 7) is 4.00. The van der Waals surface area contributed by atoms with Gasteiger partial charge >= 0.3 is 0 Å². The highest BCUT2D eigenvalue weighted by Crippen LogP contribution is 2.19. The molecule has 0 saturated heterocycles. The zero-order chi connectivity index (χ0) is 13.5. The number of hydrogen-bond donors (Lipinski definition) is 2. The molecule has 3 nitrogen and oxygen atoms in total. The molecule has 2 aromatic carbocycles. The van der Waals surface area contributed by atoms with E-state index in [0.717, 1.165) is 0 Å². The lowest BCUT2D eigenvalue weighted by atomic mass is 10.0. The van der Waals surface area contributed by atoms with Crippen LogP contribution in [0.25, 0.3) is 0 Å². The fourth-order valence-electron chi connectivity index (χ4n) is 1.52. The molecule has 4 N–H and O–H groups in total. The highest BCUT2D eigenvalue weighted by Gasteiger charge is 2.11. The number of anilines is 2. The summed E-state index contributed by atoms with van der Waals surface area (Å²) >= 11 is 0. The predicted molar refractivity (Wildman–Crippen MR) is 76.5 cm³/mol. The van der Waals surface area contributed by atoms with E-state index in [1.807, 2.05) is 32.0 Å². The van der Waals surface area contributed by atoms with E-state index in [-0.39, 0.29) is 5.78 Å². The molecule has 0 spiro atoms. The molecule has 0 aromatic heterocycles. The molecule has 0 aliphatic heterocycles. The van der Waals surface area contributed by atoms with E-state index in [0.29, 0.717) is 22.5 Å². The van der Waals surface area contributed by atoms with Crippen LogP contribution in [0.3, 0.4) is 0 Å². The Morgan fingerprint density at radius 3 is 2.17 bits per heavy atom. The van der Waals surface area contributed by atoms with Crippen LogP contribution in [0.4, 0.5) is 11.4 Å². The highest BCUT2D eigenvalue weighted by atomic mass is 16.1. The van der Waals surface area contributed by atoms with E-state index in [4.69, 9.17) is 11.5 Å². The summed E-state index contributed by atoms with van der Waals surface area (Å²) < 4.78 is 0. The van der Waals surface area contributed by atoms with E-state index >= 15 is 0 Å². The van der Waals surface area contributed by atoms with Crippen LogP contribution in [-0.2, 0) is 0 Å². The van der Waals surface area contributed by atoms with Gasteiger partial charge in [0, 0.05) is 22.5 Å². The average Bonchev–Trinajstić information content (AvgIpc) is 2.44. The second kappa shape index (κ2) is 6.45. The molecule has 0 radical (unpaired) electrons. The smallest absolute Gasteiger partial charge is 0.195 e. The van der Waals surface area contributed by atoms with Crippen LogP contribution in [0.2, 0.25) is 0 Å². The van der Waals surface area contributed by atoms with Crippen LogP contribution in [0.15, 0.2) is 48.5 Å². The second-order valence-electron chi connectivity index (χ2n) is 3.54. The van der Waals surface area contributed by atoms with Crippen molar-refractivity contribution in [3.8, 4) is 0 Å². The van der Waals surface area contributed by atoms with Crippen molar-refractivity contribution in [2.75, 3.05) is 11.5 Å². The van der Waals surface area contributed by atoms with Gasteiger partial charge in [-0.1, -0.05) is 44.2 Å². The summed E-state index contributed by atoms with van der Waals surface area (Å²) in [5, 5.41) is 0. The summed E-state index contributed by atoms with van der Waals surface area (Å²) in [6.07, 6.45) is 0. The van der Waals surface area contributed by atoms with Gasteiger partial charge in [0.05, 0.1) is 0 Å². The molecule has 2 aromatic rings. The Balaban J connectivity index is 0.000000771. The third-order valence-electron chi connectivity index (χ3n) is 2.36. The Bertz CT molecular complexity index is 521. The minimum atomic E-state index is -0.106. The third-order valence-corrected chi connectivity index (χ3v) is 2.36. The van der Waals surface area contributed by atoms with E-state index in [9.17, 15) is 4.79 Å². The Hall–Kier alpha value is -2.29. The number of carbonyl (C=O) groups excluding carboxylic acids is 1. The number of hydrogen-bond acceptors (Lipinski definition) is 3. The molecule has 0 aliphatic carbocycles. The van der Waals surface area contributed by atoms with Gasteiger partial charge in [0.15, 0.2) is 5.78 Å². The van der Waals surface area contributed by atoms with Crippen molar-refractivity contribution in [2.24, 2.45) is 0 Å². The molecule has 0 fully saturated rings. The maximum Gasteiger partial charge on any atom is 0.195 e. The maximum absolute atomic E-state index is 12.1. The van der Waals surface area contributed by atoms with Crippen molar-refractivity contribution in [1.29, 1.82) is 0 Å². The van der Waals surface area contributed by atoms with E-state index in [1.54, 1.807) is 30.3 Å². The Morgan fingerprint density at radius 2 is 1.56 bits per heavy atom. The normalized spacial score (nSPS) is 9.22. The van der Waals surface area contributed by atoms with Gasteiger partial charge < -0.3 is 11.5 Å². The van der Waals surface area contributed by atoms with Gasteiger partial charge in [-0.25, -0.2) is 0 Å². The fraction of sp³-hybridized carbons (Fsp3) is 0.133. The molecule has 0 heterocycles. The lowest BCUT2D eigenvalue weighted by Gasteiger charge is -2.05. The van der Waals surface area contributed by atoms with Gasteiger partial charge in [-0.15, -0.1) is 0 Å². The number of nitrogens with two attached hydrogens (primary N) is 2. The van der Waals surface area contributed by atoms with E-state index in [2.05, 4.69) is 0 Å². The van der Waals surface area contributed by atoms with Crippen LogP contribution in [-0.4, -0.2) is 5.78 Å². The first-order chi connectivity index (χ1) is 8.68. The first-order valence-corrected chi connectivity index (χ1v) is 5.93. The molecule has 94 valence electrons. The van der Waals surface area contributed by atoms with Crippen molar-refractivity contribution in [1.82, 2.24) is 0 Å². The molecule has 18 heavy (non-hydrogen) atoms. The van der Waals surface area contributed by atoms with Crippen molar-refractivity contribution >= 4 is 17.2 Å². The molecule has 0 amide bonds. The molecule has 0 atom stereocenters. The quantitative estimate of drug-likeness (QED) is 0.628. The monoisotopic (exact) mass is 242 g/mol. The predicted octanol–water partition coefficient (Wildman–Crippen LogP) is 3.11. The lowest BCUT2D eigenvalue weighted by Crippen LogP contribution is -2.06. The zero-order valence-electron chi connectivity index (χ0n) is 10.7. The molecule has 0 aliphatic rings. The van der Waals surface area contributed by atoms with Crippen LogP contribution in [0.5, 0.6) is 0 Å². The minimum Gasteiger partial charge on any atom is -0.399 e. The lowest BCUT2D eigenvalue weighted by molar-refractivity contribution is 0.103. The van der Waals surface area contributed by atoms with Crippen molar-refractivity contribution in [2.45, 2.75) is 13.8 Å². The Morgan fingerprint density at radius 1 is 0.944 bits per heavy atom. The molecule has 3 heteroatoms. The number of carbonyl (C=O) groups is 1. The largest absolute Gasteiger partial charge is 0.399 e. The summed E-state index contributed by atoms with van der Waals surface area (Å²) in [6, 6.07) is 13.9. The molecule has 2 rings (SSSR count). The molecule has 0 bridgehead atoms. The van der Waals surface area contributed by atoms with Crippen molar-refractivity contribution in [3.05, 3.63) is 59.7 Å². The number of benzene rings is 2. The summed E-state index contributed by atoms with van der Waals surface area (Å²) in [4.78, 5) is 12.1. The van der Waals surface area contributed by atoms with Gasteiger partial charge in [-0.3, -0.25) is 4.79 Å². The van der Waals surface area contributed by atoms with E-state index in [1.165, 1.54) is 0 Å². The molecular weight excluding hydrogens is 224 g/mol. The second-order valence-corrected chi connectivity index (χ2v) is 3.54. The average molecular weight is 242 g/mol. The molecular formula is C15H18N2O. The zero-order valence-corrected chi connectivity index (χ0v) is 10.7. The summed E-state index contributed by atoms with van der Waals surface area (Å²) in [5.74, 6) is -0.106. The Kier molecular flexibility index (Phi) is 4.93. The summed E-state index contributed by atoms with van der Waals surface area (Å²) in [7, 11) is 0. The minimum absolute atomic E-state index is 0.106. The molecule has 0 saturated carbocycles. The fourth-order valence-corrected chi connectivity index (χ4v) is 1.52. The van der Waals surface area contributed by atoms with Crippen LogP contribution in [0.1, 0.15) is 29.8 Å². The van der Waals surface area contributed by atoms with Crippen LogP contribution in [0, 0.1) is 0 Å². The third kappa shape index (κ3) is 3.10. The van der Waals surface area contributed by atoms with Gasteiger partial charge in [-0.2, -0.15) is 0 Å². The van der Waals surface area contributed by atoms with Crippen LogP contribution < -0.4 is 11.5 Å². The summed E-state index contributed by atoms with van der Waals surface area (Å²) in [5.41, 5.74) is 13.4. The maximum atomic E-state index is 12.1. The van der Waals surface area contributed by atoms with Gasteiger partial charge in [-0.05, 0) is 18.2 Å². The number of ketones is 1. The topological polar surface area (TPSA) is 69.1 Å². The molecule has 0 unspecified atom stereocenters.